The quantitative estimate of drug-likeness (QED) is 0.110. The molecule has 4 aliphatic heterocycles. The molecule has 4 aromatic rings. The number of anilines is 4. The number of fused-ring (bicyclic) bond motifs is 2. The minimum Gasteiger partial charge on any atom is -0.383 e. The molecule has 7 heterocycles. The summed E-state index contributed by atoms with van der Waals surface area (Å²) in [7, 11) is 0. The third-order valence-electron chi connectivity index (χ3n) is 10.9. The van der Waals surface area contributed by atoms with Crippen LogP contribution in [0.5, 0.6) is 0 Å². The van der Waals surface area contributed by atoms with Crippen LogP contribution in [0.25, 0.3) is 11.5 Å². The number of nitrogens with one attached hydrogen (secondary N) is 3. The van der Waals surface area contributed by atoms with Crippen molar-refractivity contribution in [3.8, 4) is 11.5 Å². The maximum atomic E-state index is 14.0. The van der Waals surface area contributed by atoms with Crippen molar-refractivity contribution < 1.29 is 33.4 Å². The topological polar surface area (TPSA) is 206 Å². The highest BCUT2D eigenvalue weighted by molar-refractivity contribution is 6.23. The first kappa shape index (κ1) is 38.6. The number of aromatic nitrogens is 5. The Kier molecular flexibility index (Phi) is 11.1. The second-order valence-corrected chi connectivity index (χ2v) is 14.5. The molecule has 0 bridgehead atoms. The lowest BCUT2D eigenvalue weighted by molar-refractivity contribution is -0.136. The summed E-state index contributed by atoms with van der Waals surface area (Å²) in [5, 5.41) is 17.1. The largest absolute Gasteiger partial charge is 0.383 e. The van der Waals surface area contributed by atoms with Crippen molar-refractivity contribution in [2.75, 3.05) is 66.5 Å². The van der Waals surface area contributed by atoms with Gasteiger partial charge in [-0.2, -0.15) is 0 Å². The molecule has 5 amide bonds. The van der Waals surface area contributed by atoms with Crippen LogP contribution < -0.4 is 25.8 Å². The molecule has 0 spiro atoms. The molecule has 2 fully saturated rings. The van der Waals surface area contributed by atoms with E-state index in [2.05, 4.69) is 38.0 Å². The Morgan fingerprint density at radius 3 is 2.40 bits per heavy atom. The number of hydrogen-bond acceptors (Lipinski definition) is 14. The molecule has 3 N–H and O–H groups in total. The van der Waals surface area contributed by atoms with Gasteiger partial charge in [0.15, 0.2) is 5.82 Å². The number of carbonyl (C=O) groups excluding carboxylic acids is 5. The van der Waals surface area contributed by atoms with Crippen LogP contribution >= 0.6 is 0 Å². The van der Waals surface area contributed by atoms with E-state index < -0.39 is 29.7 Å². The number of aryl methyl sites for hydroxylation is 1. The van der Waals surface area contributed by atoms with E-state index in [1.54, 1.807) is 29.4 Å². The molecular formula is C40H45N11O7. The highest BCUT2D eigenvalue weighted by Crippen LogP contribution is 2.36. The van der Waals surface area contributed by atoms with Gasteiger partial charge in [-0.3, -0.25) is 39.1 Å². The number of pyridine rings is 2. The summed E-state index contributed by atoms with van der Waals surface area (Å²) in [5.41, 5.74) is 3.12. The SMILES string of the molecule is CCn1cnnc1-c1cccc(N2Cc3c(cc(N4CCC[C@H]4C)nc3NCCOCCOCCNc3ccc4c(c3)C(=O)N(C3CCC(=O)NC3=O)C4=O)C2=O)n1. The molecule has 18 nitrogen and oxygen atoms in total. The number of ether oxygens (including phenoxy) is 2. The number of imide groups is 2. The minimum absolute atomic E-state index is 0.0643. The van der Waals surface area contributed by atoms with Crippen molar-refractivity contribution in [1.29, 1.82) is 0 Å². The maximum Gasteiger partial charge on any atom is 0.262 e. The number of amides is 5. The van der Waals surface area contributed by atoms with Crippen molar-refractivity contribution in [3.63, 3.8) is 0 Å². The predicted octanol–water partition coefficient (Wildman–Crippen LogP) is 2.86. The zero-order valence-corrected chi connectivity index (χ0v) is 32.4. The Morgan fingerprint density at radius 1 is 0.845 bits per heavy atom. The van der Waals surface area contributed by atoms with Crippen molar-refractivity contribution in [2.24, 2.45) is 0 Å². The molecule has 58 heavy (non-hydrogen) atoms. The summed E-state index contributed by atoms with van der Waals surface area (Å²) < 4.78 is 13.5. The maximum absolute atomic E-state index is 14.0. The molecule has 4 aliphatic rings. The molecule has 3 aromatic heterocycles. The molecule has 8 rings (SSSR count). The number of hydrogen-bond donors (Lipinski definition) is 3. The zero-order chi connectivity index (χ0) is 40.3. The van der Waals surface area contributed by atoms with Crippen LogP contribution in [0.2, 0.25) is 0 Å². The van der Waals surface area contributed by atoms with Gasteiger partial charge in [0.2, 0.25) is 11.8 Å². The Hall–Kier alpha value is -6.27. The van der Waals surface area contributed by atoms with Gasteiger partial charge in [0.05, 0.1) is 49.7 Å². The fraction of sp³-hybridized carbons (Fsp3) is 0.425. The van der Waals surface area contributed by atoms with Gasteiger partial charge in [-0.25, -0.2) is 9.97 Å². The van der Waals surface area contributed by atoms with Gasteiger partial charge >= 0.3 is 0 Å². The van der Waals surface area contributed by atoms with Gasteiger partial charge in [-0.15, -0.1) is 10.2 Å². The molecule has 0 radical (unpaired) electrons. The second-order valence-electron chi connectivity index (χ2n) is 14.5. The van der Waals surface area contributed by atoms with E-state index in [1.807, 2.05) is 35.8 Å². The summed E-state index contributed by atoms with van der Waals surface area (Å²) >= 11 is 0. The first-order valence-corrected chi connectivity index (χ1v) is 19.7. The lowest BCUT2D eigenvalue weighted by Crippen LogP contribution is -2.54. The number of carbonyl (C=O) groups is 5. The average Bonchev–Trinajstić information content (AvgIpc) is 4.01. The van der Waals surface area contributed by atoms with Crippen molar-refractivity contribution in [3.05, 3.63) is 71.0 Å². The highest BCUT2D eigenvalue weighted by atomic mass is 16.5. The standard InChI is InChI=1S/C40H45N11O7/c1-3-48-23-43-47-36(48)30-7-4-8-32(44-30)50-22-29-28(38(50)54)21-33(49-15-5-6-24(49)2)45-35(29)42-14-17-58-19-18-57-16-13-41-25-9-10-26-27(20-25)40(56)51(39(26)55)31-11-12-34(52)46-37(31)53/h4,7-10,20-21,23-24,31,41H,3,5-6,11-19,22H2,1-2H3,(H,42,45)(H,46,52,53)/t24-,31?/m1/s1. The van der Waals surface area contributed by atoms with Crippen LogP contribution in [0, 0.1) is 0 Å². The fourth-order valence-corrected chi connectivity index (χ4v) is 7.83. The van der Waals surface area contributed by atoms with Crippen LogP contribution in [0.15, 0.2) is 48.8 Å². The Bertz CT molecular complexity index is 2260. The smallest absolute Gasteiger partial charge is 0.262 e. The normalized spacial score (nSPS) is 18.9. The highest BCUT2D eigenvalue weighted by Gasteiger charge is 2.44. The molecule has 18 heteroatoms. The van der Waals surface area contributed by atoms with E-state index in [0.29, 0.717) is 93.1 Å². The molecule has 2 saturated heterocycles. The summed E-state index contributed by atoms with van der Waals surface area (Å²) in [6, 6.07) is 11.6. The summed E-state index contributed by atoms with van der Waals surface area (Å²) in [5.74, 6) is 0.302. The van der Waals surface area contributed by atoms with E-state index in [-0.39, 0.29) is 29.9 Å². The molecule has 2 atom stereocenters. The van der Waals surface area contributed by atoms with E-state index in [9.17, 15) is 24.0 Å². The molecule has 1 aromatic carbocycles. The first-order valence-electron chi connectivity index (χ1n) is 19.7. The third-order valence-corrected chi connectivity index (χ3v) is 10.9. The van der Waals surface area contributed by atoms with E-state index in [0.717, 1.165) is 35.7 Å². The Labute approximate surface area is 334 Å². The molecule has 0 saturated carbocycles. The molecule has 0 aliphatic carbocycles. The third kappa shape index (κ3) is 7.59. The molecule has 302 valence electrons. The number of nitrogens with zero attached hydrogens (tertiary/aromatic N) is 8. The van der Waals surface area contributed by atoms with E-state index >= 15 is 0 Å². The Morgan fingerprint density at radius 2 is 1.64 bits per heavy atom. The van der Waals surface area contributed by atoms with E-state index in [4.69, 9.17) is 19.4 Å². The summed E-state index contributed by atoms with van der Waals surface area (Å²) in [6.07, 6.45) is 3.97. The van der Waals surface area contributed by atoms with Gasteiger partial charge in [-0.05, 0) is 69.5 Å². The van der Waals surface area contributed by atoms with Crippen LogP contribution in [-0.2, 0) is 32.2 Å². The van der Waals surface area contributed by atoms with Crippen molar-refractivity contribution >= 4 is 52.7 Å². The van der Waals surface area contributed by atoms with E-state index in [1.165, 1.54) is 0 Å². The average molecular weight is 792 g/mol. The first-order chi connectivity index (χ1) is 28.2. The number of benzene rings is 1. The molecular weight excluding hydrogens is 747 g/mol. The fourth-order valence-electron chi connectivity index (χ4n) is 7.83. The van der Waals surface area contributed by atoms with Crippen molar-refractivity contribution in [2.45, 2.75) is 64.7 Å². The summed E-state index contributed by atoms with van der Waals surface area (Å²) in [6.45, 7) is 8.47. The zero-order valence-electron chi connectivity index (χ0n) is 32.4. The van der Waals surface area contributed by atoms with Crippen LogP contribution in [0.1, 0.15) is 76.2 Å². The lowest BCUT2D eigenvalue weighted by atomic mass is 10.0. The van der Waals surface area contributed by atoms with Gasteiger partial charge in [0.1, 0.15) is 35.5 Å². The van der Waals surface area contributed by atoms with Gasteiger partial charge in [-0.1, -0.05) is 6.07 Å². The van der Waals surface area contributed by atoms with Crippen LogP contribution in [0.3, 0.4) is 0 Å². The summed E-state index contributed by atoms with van der Waals surface area (Å²) in [4.78, 5) is 78.6. The van der Waals surface area contributed by atoms with Crippen molar-refractivity contribution in [1.82, 2.24) is 34.9 Å². The van der Waals surface area contributed by atoms with Gasteiger partial charge in [0, 0.05) is 49.9 Å². The number of piperidine rings is 1. The monoisotopic (exact) mass is 791 g/mol. The lowest BCUT2D eigenvalue weighted by Gasteiger charge is -2.27. The molecule has 1 unspecified atom stereocenters. The van der Waals surface area contributed by atoms with Crippen LogP contribution in [-0.4, -0.2) is 117 Å². The van der Waals surface area contributed by atoms with Gasteiger partial charge < -0.3 is 29.6 Å². The van der Waals surface area contributed by atoms with Crippen LogP contribution in [0.4, 0.5) is 23.1 Å². The predicted molar refractivity (Wildman–Crippen MR) is 211 cm³/mol. The Balaban J connectivity index is 0.814. The number of rotatable bonds is 16. The minimum atomic E-state index is -1.01. The van der Waals surface area contributed by atoms with Gasteiger partial charge in [0.25, 0.3) is 17.7 Å². The second kappa shape index (κ2) is 16.7.